The molecule has 0 bridgehead atoms. The van der Waals surface area contributed by atoms with Crippen molar-refractivity contribution in [1.82, 2.24) is 20.0 Å². The van der Waals surface area contributed by atoms with Crippen LogP contribution in [0.4, 0.5) is 15.9 Å². The van der Waals surface area contributed by atoms with E-state index in [-0.39, 0.29) is 16.6 Å². The Morgan fingerprint density at radius 2 is 1.96 bits per heavy atom. The molecule has 1 aromatic carbocycles. The van der Waals surface area contributed by atoms with Gasteiger partial charge in [-0.25, -0.2) is 14.1 Å². The topological polar surface area (TPSA) is 67.2 Å². The second-order valence-electron chi connectivity index (χ2n) is 6.14. The van der Waals surface area contributed by atoms with E-state index in [1.807, 2.05) is 19.0 Å². The zero-order valence-corrected chi connectivity index (χ0v) is 16.1. The summed E-state index contributed by atoms with van der Waals surface area (Å²) in [4.78, 5) is 20.6. The summed E-state index contributed by atoms with van der Waals surface area (Å²) in [6.07, 6.45) is 1.66. The van der Waals surface area contributed by atoms with Crippen molar-refractivity contribution in [3.05, 3.63) is 58.8 Å². The number of amides is 1. The van der Waals surface area contributed by atoms with Gasteiger partial charge < -0.3 is 9.80 Å². The third kappa shape index (κ3) is 3.48. The van der Waals surface area contributed by atoms with Crippen molar-refractivity contribution in [2.45, 2.75) is 6.92 Å². The third-order valence-corrected chi connectivity index (χ3v) is 4.39. The van der Waals surface area contributed by atoms with Crippen LogP contribution in [0.3, 0.4) is 0 Å². The van der Waals surface area contributed by atoms with E-state index >= 15 is 0 Å². The highest BCUT2D eigenvalue weighted by Gasteiger charge is 2.24. The normalized spacial score (nSPS) is 10.7. The van der Waals surface area contributed by atoms with E-state index in [2.05, 4.69) is 15.3 Å². The molecule has 0 aliphatic heterocycles. The van der Waals surface area contributed by atoms with Gasteiger partial charge in [-0.15, -0.1) is 5.10 Å². The summed E-state index contributed by atoms with van der Waals surface area (Å²) >= 11 is 5.84. The molecule has 0 fully saturated rings. The Morgan fingerprint density at radius 1 is 1.22 bits per heavy atom. The zero-order chi connectivity index (χ0) is 19.7. The molecule has 3 aromatic rings. The van der Waals surface area contributed by atoms with E-state index in [4.69, 9.17) is 11.6 Å². The Kier molecular flexibility index (Phi) is 5.09. The maximum Gasteiger partial charge on any atom is 0.280 e. The molecule has 0 saturated heterocycles. The molecule has 0 spiro atoms. The van der Waals surface area contributed by atoms with Gasteiger partial charge in [-0.1, -0.05) is 16.8 Å². The molecule has 0 saturated carbocycles. The molecule has 140 valence electrons. The van der Waals surface area contributed by atoms with Crippen LogP contribution in [-0.4, -0.2) is 47.0 Å². The fourth-order valence-electron chi connectivity index (χ4n) is 2.65. The van der Waals surface area contributed by atoms with E-state index < -0.39 is 5.82 Å². The van der Waals surface area contributed by atoms with Crippen molar-refractivity contribution in [3.63, 3.8) is 0 Å². The van der Waals surface area contributed by atoms with Gasteiger partial charge in [0.25, 0.3) is 5.91 Å². The quantitative estimate of drug-likeness (QED) is 0.687. The number of nitrogens with zero attached hydrogens (tertiary/aromatic N) is 6. The lowest BCUT2D eigenvalue weighted by molar-refractivity contribution is 0.0987. The number of aromatic nitrogens is 4. The number of carbonyl (C=O) groups is 1. The van der Waals surface area contributed by atoms with Gasteiger partial charge in [0.15, 0.2) is 11.5 Å². The maximum atomic E-state index is 13.4. The largest absolute Gasteiger partial charge is 0.361 e. The van der Waals surface area contributed by atoms with Crippen molar-refractivity contribution in [1.29, 1.82) is 0 Å². The molecule has 9 heteroatoms. The van der Waals surface area contributed by atoms with Crippen LogP contribution in [0.1, 0.15) is 16.2 Å². The molecule has 0 atom stereocenters. The van der Waals surface area contributed by atoms with Gasteiger partial charge in [0, 0.05) is 27.3 Å². The summed E-state index contributed by atoms with van der Waals surface area (Å²) in [5.41, 5.74) is 1.87. The summed E-state index contributed by atoms with van der Waals surface area (Å²) in [6.45, 7) is 1.72. The Hall–Kier alpha value is -3.00. The standard InChI is InChI=1S/C18H18ClFN6O/c1-11-16(22-23-26(11)12-7-8-14(20)13(19)10-12)18(27)25(4)15-6-5-9-21-17(15)24(2)3/h5-10H,1-4H3. The second-order valence-corrected chi connectivity index (χ2v) is 6.55. The van der Waals surface area contributed by atoms with Crippen LogP contribution in [0.25, 0.3) is 5.69 Å². The SMILES string of the molecule is Cc1c(C(=O)N(C)c2cccnc2N(C)C)nnn1-c1ccc(F)c(Cl)c1. The lowest BCUT2D eigenvalue weighted by Crippen LogP contribution is -2.29. The first-order chi connectivity index (χ1) is 12.8. The smallest absolute Gasteiger partial charge is 0.280 e. The number of anilines is 2. The molecule has 3 rings (SSSR count). The van der Waals surface area contributed by atoms with Gasteiger partial charge in [0.05, 0.1) is 22.1 Å². The van der Waals surface area contributed by atoms with Gasteiger partial charge in [-0.3, -0.25) is 4.79 Å². The van der Waals surface area contributed by atoms with Crippen LogP contribution in [0, 0.1) is 12.7 Å². The number of rotatable bonds is 4. The molecular weight excluding hydrogens is 371 g/mol. The van der Waals surface area contributed by atoms with E-state index in [0.29, 0.717) is 22.9 Å². The van der Waals surface area contributed by atoms with Crippen molar-refractivity contribution in [2.24, 2.45) is 0 Å². The zero-order valence-electron chi connectivity index (χ0n) is 15.3. The number of pyridine rings is 1. The van der Waals surface area contributed by atoms with Crippen LogP contribution in [0.2, 0.25) is 5.02 Å². The van der Waals surface area contributed by atoms with E-state index in [0.717, 1.165) is 0 Å². The monoisotopic (exact) mass is 388 g/mol. The van der Waals surface area contributed by atoms with Gasteiger partial charge in [-0.05, 0) is 37.3 Å². The first kappa shape index (κ1) is 18.8. The van der Waals surface area contributed by atoms with E-state index in [1.165, 1.54) is 27.8 Å². The Labute approximate surface area is 161 Å². The first-order valence-electron chi connectivity index (χ1n) is 8.09. The molecule has 27 heavy (non-hydrogen) atoms. The van der Waals surface area contributed by atoms with Crippen molar-refractivity contribution in [2.75, 3.05) is 30.9 Å². The summed E-state index contributed by atoms with van der Waals surface area (Å²) in [5.74, 6) is -0.200. The summed E-state index contributed by atoms with van der Waals surface area (Å²) < 4.78 is 14.8. The first-order valence-corrected chi connectivity index (χ1v) is 8.47. The number of hydrogen-bond donors (Lipinski definition) is 0. The molecule has 0 radical (unpaired) electrons. The van der Waals surface area contributed by atoms with E-state index in [1.54, 1.807) is 32.3 Å². The lowest BCUT2D eigenvalue weighted by Gasteiger charge is -2.22. The van der Waals surface area contributed by atoms with Crippen LogP contribution < -0.4 is 9.80 Å². The number of benzene rings is 1. The molecule has 2 heterocycles. The average molecular weight is 389 g/mol. The predicted molar refractivity (Wildman–Crippen MR) is 102 cm³/mol. The van der Waals surface area contributed by atoms with Crippen LogP contribution in [0.5, 0.6) is 0 Å². The minimum absolute atomic E-state index is 0.0293. The molecule has 7 nitrogen and oxygen atoms in total. The maximum absolute atomic E-state index is 13.4. The van der Waals surface area contributed by atoms with Crippen molar-refractivity contribution < 1.29 is 9.18 Å². The molecule has 2 aromatic heterocycles. The molecule has 0 aliphatic rings. The number of halogens is 2. The van der Waals surface area contributed by atoms with Crippen molar-refractivity contribution in [3.8, 4) is 5.69 Å². The highest BCUT2D eigenvalue weighted by atomic mass is 35.5. The molecule has 0 aliphatic carbocycles. The minimum atomic E-state index is -0.526. The highest BCUT2D eigenvalue weighted by molar-refractivity contribution is 6.30. The number of hydrogen-bond acceptors (Lipinski definition) is 5. The average Bonchev–Trinajstić information content (AvgIpc) is 3.04. The van der Waals surface area contributed by atoms with Gasteiger partial charge >= 0.3 is 0 Å². The van der Waals surface area contributed by atoms with Crippen LogP contribution in [0.15, 0.2) is 36.5 Å². The van der Waals surface area contributed by atoms with Gasteiger partial charge in [0.1, 0.15) is 5.82 Å². The minimum Gasteiger partial charge on any atom is -0.361 e. The highest BCUT2D eigenvalue weighted by Crippen LogP contribution is 2.26. The van der Waals surface area contributed by atoms with Crippen LogP contribution in [-0.2, 0) is 0 Å². The van der Waals surface area contributed by atoms with Crippen molar-refractivity contribution >= 4 is 29.0 Å². The van der Waals surface area contributed by atoms with Gasteiger partial charge in [0.2, 0.25) is 0 Å². The summed E-state index contributed by atoms with van der Waals surface area (Å²) in [6, 6.07) is 7.76. The second kappa shape index (κ2) is 7.32. The summed E-state index contributed by atoms with van der Waals surface area (Å²) in [5, 5.41) is 8.01. The Balaban J connectivity index is 1.97. The lowest BCUT2D eigenvalue weighted by atomic mass is 10.2. The van der Waals surface area contributed by atoms with E-state index in [9.17, 15) is 9.18 Å². The molecule has 0 N–H and O–H groups in total. The third-order valence-electron chi connectivity index (χ3n) is 4.10. The fraction of sp³-hybridized carbons (Fsp3) is 0.222. The molecular formula is C18H18ClFN6O. The number of carbonyl (C=O) groups excluding carboxylic acids is 1. The Morgan fingerprint density at radius 3 is 2.63 bits per heavy atom. The van der Waals surface area contributed by atoms with Gasteiger partial charge in [-0.2, -0.15) is 0 Å². The molecule has 1 amide bonds. The molecule has 0 unspecified atom stereocenters. The predicted octanol–water partition coefficient (Wildman–Crippen LogP) is 3.11. The fourth-order valence-corrected chi connectivity index (χ4v) is 2.83. The van der Waals surface area contributed by atoms with Crippen LogP contribution >= 0.6 is 11.6 Å². The summed E-state index contributed by atoms with van der Waals surface area (Å²) in [7, 11) is 5.35. The Bertz CT molecular complexity index is 1000.